The highest BCUT2D eigenvalue weighted by atomic mass is 35.7. The molecule has 0 bridgehead atoms. The van der Waals surface area contributed by atoms with Gasteiger partial charge in [0.15, 0.2) is 0 Å². The molecule has 0 saturated heterocycles. The predicted molar refractivity (Wildman–Crippen MR) is 78.5 cm³/mol. The number of amides is 1. The minimum atomic E-state index is -3.79. The minimum absolute atomic E-state index is 0.0273. The Bertz CT molecular complexity index is 566. The summed E-state index contributed by atoms with van der Waals surface area (Å²) in [4.78, 5) is 14.8. The predicted octanol–water partition coefficient (Wildman–Crippen LogP) is 3.10. The van der Waals surface area contributed by atoms with Gasteiger partial charge >= 0.3 is 0 Å². The Morgan fingerprint density at radius 2 is 2.11 bits per heavy atom. The molecule has 4 nitrogen and oxygen atoms in total. The number of thiophene rings is 1. The molecule has 1 atom stereocenters. The summed E-state index contributed by atoms with van der Waals surface area (Å²) in [7, 11) is 3.26. The highest BCUT2D eigenvalue weighted by Crippen LogP contribution is 2.29. The van der Waals surface area contributed by atoms with E-state index in [1.54, 1.807) is 18.9 Å². The Morgan fingerprint density at radius 3 is 2.53 bits per heavy atom. The molecule has 1 aromatic heterocycles. The number of aryl methyl sites for hydroxylation is 1. The first kappa shape index (κ1) is 16.5. The molecule has 0 radical (unpaired) electrons. The fourth-order valence-corrected chi connectivity index (χ4v) is 4.34. The molecule has 7 heteroatoms. The number of halogens is 1. The first-order valence-corrected chi connectivity index (χ1v) is 9.10. The molecule has 0 aliphatic rings. The molecule has 1 unspecified atom stereocenters. The summed E-state index contributed by atoms with van der Waals surface area (Å²) >= 11 is 1.16. The first-order valence-electron chi connectivity index (χ1n) is 5.97. The van der Waals surface area contributed by atoms with E-state index in [-0.39, 0.29) is 10.8 Å². The van der Waals surface area contributed by atoms with Crippen LogP contribution in [0.4, 0.5) is 0 Å². The van der Waals surface area contributed by atoms with Crippen LogP contribution in [0.15, 0.2) is 11.0 Å². The largest absolute Gasteiger partial charge is 0.341 e. The number of nitrogens with zero attached hydrogens (tertiary/aromatic N) is 1. The summed E-state index contributed by atoms with van der Waals surface area (Å²) in [6.07, 6.45) is 0.988. The van der Waals surface area contributed by atoms with Gasteiger partial charge in [0.25, 0.3) is 15.0 Å². The van der Waals surface area contributed by atoms with E-state index in [4.69, 9.17) is 10.7 Å². The lowest BCUT2D eigenvalue weighted by atomic mass is 10.1. The van der Waals surface area contributed by atoms with Crippen molar-refractivity contribution in [3.05, 3.63) is 15.8 Å². The molecule has 0 saturated carbocycles. The molecule has 0 aliphatic heterocycles. The van der Waals surface area contributed by atoms with Crippen LogP contribution < -0.4 is 0 Å². The van der Waals surface area contributed by atoms with Crippen molar-refractivity contribution < 1.29 is 13.2 Å². The van der Waals surface area contributed by atoms with Gasteiger partial charge in [-0.05, 0) is 18.9 Å². The molecule has 0 fully saturated rings. The van der Waals surface area contributed by atoms with Crippen molar-refractivity contribution in [2.75, 3.05) is 13.6 Å². The van der Waals surface area contributed by atoms with Gasteiger partial charge < -0.3 is 4.90 Å². The molecule has 1 rings (SSSR count). The summed E-state index contributed by atoms with van der Waals surface area (Å²) in [5.41, 5.74) is 0. The third-order valence-electron chi connectivity index (χ3n) is 2.97. The van der Waals surface area contributed by atoms with Crippen LogP contribution in [0.5, 0.6) is 0 Å². The number of carbonyl (C=O) groups is 1. The van der Waals surface area contributed by atoms with Gasteiger partial charge in [0, 0.05) is 29.2 Å². The Kier molecular flexibility index (Phi) is 5.41. The standard InChI is InChI=1S/C12H18ClNO3S2/c1-5-8(2)7-14(4)12(15)10-6-11(9(3)18-10)19(13,16)17/h6,8H,5,7H2,1-4H3. The SMILES string of the molecule is CCC(C)CN(C)C(=O)c1cc(S(=O)(=O)Cl)c(C)s1. The van der Waals surface area contributed by atoms with Crippen LogP contribution in [0.1, 0.15) is 34.8 Å². The normalized spacial score (nSPS) is 13.3. The zero-order chi connectivity index (χ0) is 14.8. The molecule has 0 aliphatic carbocycles. The van der Waals surface area contributed by atoms with Crippen molar-refractivity contribution in [3.8, 4) is 0 Å². The van der Waals surface area contributed by atoms with Crippen molar-refractivity contribution in [1.29, 1.82) is 0 Å². The van der Waals surface area contributed by atoms with E-state index in [9.17, 15) is 13.2 Å². The van der Waals surface area contributed by atoms with Gasteiger partial charge in [-0.3, -0.25) is 4.79 Å². The van der Waals surface area contributed by atoms with Crippen LogP contribution >= 0.6 is 22.0 Å². The van der Waals surface area contributed by atoms with E-state index < -0.39 is 9.05 Å². The lowest BCUT2D eigenvalue weighted by Gasteiger charge is -2.19. The summed E-state index contributed by atoms with van der Waals surface area (Å²) in [6.45, 7) is 6.43. The van der Waals surface area contributed by atoms with Gasteiger partial charge in [-0.2, -0.15) is 0 Å². The van der Waals surface area contributed by atoms with Crippen LogP contribution in [0.3, 0.4) is 0 Å². The Labute approximate surface area is 122 Å². The summed E-state index contributed by atoms with van der Waals surface area (Å²) in [6, 6.07) is 1.36. The number of rotatable bonds is 5. The van der Waals surface area contributed by atoms with E-state index in [1.807, 2.05) is 0 Å². The van der Waals surface area contributed by atoms with Crippen LogP contribution in [-0.4, -0.2) is 32.8 Å². The van der Waals surface area contributed by atoms with E-state index in [2.05, 4.69) is 13.8 Å². The van der Waals surface area contributed by atoms with Gasteiger partial charge in [0.2, 0.25) is 0 Å². The van der Waals surface area contributed by atoms with Crippen LogP contribution in [0, 0.1) is 12.8 Å². The Hall–Kier alpha value is -0.590. The number of carbonyl (C=O) groups excluding carboxylic acids is 1. The zero-order valence-corrected chi connectivity index (χ0v) is 13.8. The highest BCUT2D eigenvalue weighted by Gasteiger charge is 2.22. The molecule has 108 valence electrons. The molecule has 1 aromatic rings. The lowest BCUT2D eigenvalue weighted by Crippen LogP contribution is -2.30. The highest BCUT2D eigenvalue weighted by molar-refractivity contribution is 8.13. The van der Waals surface area contributed by atoms with Gasteiger partial charge in [-0.25, -0.2) is 8.42 Å². The van der Waals surface area contributed by atoms with Gasteiger partial charge in [-0.15, -0.1) is 11.3 Å². The van der Waals surface area contributed by atoms with Crippen molar-refractivity contribution in [3.63, 3.8) is 0 Å². The fourth-order valence-electron chi connectivity index (χ4n) is 1.68. The molecule has 0 N–H and O–H groups in total. The topological polar surface area (TPSA) is 54.5 Å². The molecular weight excluding hydrogens is 306 g/mol. The van der Waals surface area contributed by atoms with E-state index in [1.165, 1.54) is 6.07 Å². The van der Waals surface area contributed by atoms with Crippen molar-refractivity contribution >= 4 is 37.0 Å². The van der Waals surface area contributed by atoms with Crippen molar-refractivity contribution in [2.45, 2.75) is 32.1 Å². The van der Waals surface area contributed by atoms with Gasteiger partial charge in [0.05, 0.1) is 9.77 Å². The molecule has 1 amide bonds. The monoisotopic (exact) mass is 323 g/mol. The third kappa shape index (κ3) is 4.19. The minimum Gasteiger partial charge on any atom is -0.341 e. The summed E-state index contributed by atoms with van der Waals surface area (Å²) in [5.74, 6) is 0.242. The fraction of sp³-hybridized carbons (Fsp3) is 0.583. The molecule has 0 aromatic carbocycles. The lowest BCUT2D eigenvalue weighted by molar-refractivity contribution is 0.0779. The molecule has 1 heterocycles. The van der Waals surface area contributed by atoms with E-state index >= 15 is 0 Å². The summed E-state index contributed by atoms with van der Waals surface area (Å²) in [5, 5.41) is 0. The average molecular weight is 324 g/mol. The van der Waals surface area contributed by atoms with Gasteiger partial charge in [0.1, 0.15) is 0 Å². The third-order valence-corrected chi connectivity index (χ3v) is 5.59. The quantitative estimate of drug-likeness (QED) is 0.782. The first-order chi connectivity index (χ1) is 8.66. The molecule has 0 spiro atoms. The average Bonchev–Trinajstić information content (AvgIpc) is 2.69. The van der Waals surface area contributed by atoms with Crippen molar-refractivity contribution in [2.24, 2.45) is 5.92 Å². The second-order valence-electron chi connectivity index (χ2n) is 4.67. The van der Waals surface area contributed by atoms with Crippen molar-refractivity contribution in [1.82, 2.24) is 4.90 Å². The zero-order valence-electron chi connectivity index (χ0n) is 11.4. The summed E-state index contributed by atoms with van der Waals surface area (Å²) < 4.78 is 22.7. The van der Waals surface area contributed by atoms with E-state index in [0.717, 1.165) is 17.8 Å². The second kappa shape index (κ2) is 6.24. The number of hydrogen-bond donors (Lipinski definition) is 0. The molecule has 19 heavy (non-hydrogen) atoms. The Morgan fingerprint density at radius 1 is 1.53 bits per heavy atom. The van der Waals surface area contributed by atoms with Crippen LogP contribution in [-0.2, 0) is 9.05 Å². The molecular formula is C12H18ClNO3S2. The smallest absolute Gasteiger partial charge is 0.263 e. The van der Waals surface area contributed by atoms with Gasteiger partial charge in [-0.1, -0.05) is 20.3 Å². The number of hydrogen-bond acceptors (Lipinski definition) is 4. The van der Waals surface area contributed by atoms with Crippen LogP contribution in [0.25, 0.3) is 0 Å². The maximum atomic E-state index is 12.2. The Balaban J connectivity index is 2.96. The van der Waals surface area contributed by atoms with E-state index in [0.29, 0.717) is 22.2 Å². The second-order valence-corrected chi connectivity index (χ2v) is 8.46. The maximum Gasteiger partial charge on any atom is 0.263 e. The maximum absolute atomic E-state index is 12.2. The van der Waals surface area contributed by atoms with Crippen LogP contribution in [0.2, 0.25) is 0 Å².